The van der Waals surface area contributed by atoms with E-state index in [-0.39, 0.29) is 5.82 Å². The van der Waals surface area contributed by atoms with Crippen LogP contribution in [-0.4, -0.2) is 42.3 Å². The second-order valence-electron chi connectivity index (χ2n) is 2.81. The van der Waals surface area contributed by atoms with Crippen LogP contribution in [0.15, 0.2) is 6.33 Å². The minimum Gasteiger partial charge on any atom is -0.390 e. The fourth-order valence-electron chi connectivity index (χ4n) is 0.915. The van der Waals surface area contributed by atoms with Crippen molar-refractivity contribution in [3.8, 4) is 0 Å². The van der Waals surface area contributed by atoms with Crippen molar-refractivity contribution < 1.29 is 19.5 Å². The molecule has 0 saturated carbocycles. The Hall–Kier alpha value is -0.790. The van der Waals surface area contributed by atoms with Crippen molar-refractivity contribution in [3.05, 3.63) is 12.2 Å². The summed E-state index contributed by atoms with van der Waals surface area (Å²) in [5.41, 5.74) is 5.46. The molecular formula is C5H11N4O4P. The number of rotatable bonds is 4. The number of aliphatic hydroxyl groups excluding tert-OH is 1. The summed E-state index contributed by atoms with van der Waals surface area (Å²) in [6.07, 6.45) is -0.863. The Kier molecular flexibility index (Phi) is 3.35. The number of H-pyrrole nitrogens is 1. The number of nitrogens with two attached hydrogens (primary N) is 1. The van der Waals surface area contributed by atoms with Crippen LogP contribution in [0.25, 0.3) is 0 Å². The Morgan fingerprint density at radius 2 is 2.29 bits per heavy atom. The van der Waals surface area contributed by atoms with Gasteiger partial charge in [0.25, 0.3) is 0 Å². The van der Waals surface area contributed by atoms with E-state index in [0.717, 1.165) is 0 Å². The van der Waals surface area contributed by atoms with Gasteiger partial charge in [0.1, 0.15) is 12.2 Å². The molecule has 0 saturated heterocycles. The van der Waals surface area contributed by atoms with E-state index in [1.165, 1.54) is 6.33 Å². The molecule has 2 unspecified atom stereocenters. The standard InChI is InChI=1S/C5H11N4O4P/c6-4(5-7-2-8-9-5)3(10)1-14(11,12)13/h2-4,10H,1,6H2,(H,7,8,9)(H2,11,12,13). The highest BCUT2D eigenvalue weighted by molar-refractivity contribution is 7.51. The van der Waals surface area contributed by atoms with Gasteiger partial charge in [0.15, 0.2) is 0 Å². The van der Waals surface area contributed by atoms with Gasteiger partial charge in [-0.05, 0) is 0 Å². The molecule has 0 spiro atoms. The molecule has 8 nitrogen and oxygen atoms in total. The Morgan fingerprint density at radius 3 is 2.71 bits per heavy atom. The molecule has 0 aromatic carbocycles. The molecule has 0 aliphatic carbocycles. The molecular weight excluding hydrogens is 211 g/mol. The van der Waals surface area contributed by atoms with E-state index >= 15 is 0 Å². The topological polar surface area (TPSA) is 145 Å². The first-order chi connectivity index (χ1) is 6.40. The molecule has 80 valence electrons. The summed E-state index contributed by atoms with van der Waals surface area (Å²) in [5, 5.41) is 15.2. The lowest BCUT2D eigenvalue weighted by molar-refractivity contribution is 0.156. The van der Waals surface area contributed by atoms with E-state index in [1.54, 1.807) is 0 Å². The molecule has 2 atom stereocenters. The van der Waals surface area contributed by atoms with Gasteiger partial charge in [0, 0.05) is 0 Å². The van der Waals surface area contributed by atoms with Crippen molar-refractivity contribution >= 4 is 7.60 Å². The summed E-state index contributed by atoms with van der Waals surface area (Å²) in [5.74, 6) is 0.186. The Bertz CT molecular complexity index is 322. The van der Waals surface area contributed by atoms with Crippen LogP contribution >= 0.6 is 7.60 Å². The minimum absolute atomic E-state index is 0.186. The molecule has 14 heavy (non-hydrogen) atoms. The third kappa shape index (κ3) is 3.17. The van der Waals surface area contributed by atoms with Gasteiger partial charge in [0.05, 0.1) is 18.3 Å². The van der Waals surface area contributed by atoms with Crippen LogP contribution in [0.2, 0.25) is 0 Å². The van der Waals surface area contributed by atoms with Crippen molar-refractivity contribution in [1.29, 1.82) is 0 Å². The molecule has 0 aliphatic heterocycles. The second kappa shape index (κ2) is 4.16. The maximum Gasteiger partial charge on any atom is 0.328 e. The first-order valence-electron chi connectivity index (χ1n) is 3.73. The highest BCUT2D eigenvalue weighted by atomic mass is 31.2. The fourth-order valence-corrected chi connectivity index (χ4v) is 1.63. The van der Waals surface area contributed by atoms with E-state index < -0.39 is 25.9 Å². The largest absolute Gasteiger partial charge is 0.390 e. The Morgan fingerprint density at radius 1 is 1.64 bits per heavy atom. The van der Waals surface area contributed by atoms with Gasteiger partial charge in [-0.1, -0.05) is 0 Å². The van der Waals surface area contributed by atoms with Gasteiger partial charge >= 0.3 is 7.60 Å². The predicted molar refractivity (Wildman–Crippen MR) is 46.2 cm³/mol. The number of aromatic amines is 1. The van der Waals surface area contributed by atoms with Gasteiger partial charge in [0.2, 0.25) is 0 Å². The molecule has 0 bridgehead atoms. The molecule has 1 aromatic rings. The van der Waals surface area contributed by atoms with Crippen molar-refractivity contribution in [2.75, 3.05) is 6.16 Å². The van der Waals surface area contributed by atoms with E-state index in [4.69, 9.17) is 15.5 Å². The van der Waals surface area contributed by atoms with Crippen LogP contribution in [0, 0.1) is 0 Å². The molecule has 9 heteroatoms. The summed E-state index contributed by atoms with van der Waals surface area (Å²) < 4.78 is 10.5. The second-order valence-corrected chi connectivity index (χ2v) is 4.51. The van der Waals surface area contributed by atoms with Gasteiger partial charge < -0.3 is 20.6 Å². The quantitative estimate of drug-likeness (QED) is 0.383. The average Bonchev–Trinajstić information content (AvgIpc) is 2.51. The predicted octanol–water partition coefficient (Wildman–Crippen LogP) is -1.66. The maximum absolute atomic E-state index is 10.5. The summed E-state index contributed by atoms with van der Waals surface area (Å²) >= 11 is 0. The minimum atomic E-state index is -4.27. The lowest BCUT2D eigenvalue weighted by Gasteiger charge is -2.16. The summed E-state index contributed by atoms with van der Waals surface area (Å²) in [4.78, 5) is 20.8. The van der Waals surface area contributed by atoms with Gasteiger partial charge in [-0.3, -0.25) is 9.66 Å². The van der Waals surface area contributed by atoms with Crippen molar-refractivity contribution in [1.82, 2.24) is 15.2 Å². The molecule has 1 heterocycles. The number of aliphatic hydroxyl groups is 1. The molecule has 0 radical (unpaired) electrons. The summed E-state index contributed by atoms with van der Waals surface area (Å²) in [7, 11) is -4.27. The van der Waals surface area contributed by atoms with E-state index in [2.05, 4.69) is 15.2 Å². The molecule has 0 aliphatic rings. The van der Waals surface area contributed by atoms with Gasteiger partial charge in [-0.25, -0.2) is 4.98 Å². The average molecular weight is 222 g/mol. The van der Waals surface area contributed by atoms with Crippen molar-refractivity contribution in [2.24, 2.45) is 5.73 Å². The molecule has 0 fully saturated rings. The zero-order valence-electron chi connectivity index (χ0n) is 7.11. The lowest BCUT2D eigenvalue weighted by Crippen LogP contribution is -2.30. The third-order valence-corrected chi connectivity index (χ3v) is 2.44. The van der Waals surface area contributed by atoms with Gasteiger partial charge in [-0.2, -0.15) is 5.10 Å². The SMILES string of the molecule is NC(c1ncn[nH]1)C(O)CP(=O)(O)O. The number of nitrogens with zero attached hydrogens (tertiary/aromatic N) is 2. The normalized spacial score (nSPS) is 16.6. The smallest absolute Gasteiger partial charge is 0.328 e. The summed E-state index contributed by atoms with van der Waals surface area (Å²) in [6, 6.07) is -0.981. The lowest BCUT2D eigenvalue weighted by atomic mass is 10.2. The zero-order chi connectivity index (χ0) is 10.8. The van der Waals surface area contributed by atoms with Crippen molar-refractivity contribution in [3.63, 3.8) is 0 Å². The Balaban J connectivity index is 2.62. The fraction of sp³-hybridized carbons (Fsp3) is 0.600. The van der Waals surface area contributed by atoms with Crippen molar-refractivity contribution in [2.45, 2.75) is 12.1 Å². The molecule has 6 N–H and O–H groups in total. The van der Waals surface area contributed by atoms with E-state index in [0.29, 0.717) is 0 Å². The van der Waals surface area contributed by atoms with E-state index in [1.807, 2.05) is 0 Å². The molecule has 0 amide bonds. The summed E-state index contributed by atoms with van der Waals surface area (Å²) in [6.45, 7) is 0. The molecule has 1 aromatic heterocycles. The number of hydrogen-bond donors (Lipinski definition) is 5. The van der Waals surface area contributed by atoms with Gasteiger partial charge in [-0.15, -0.1) is 0 Å². The Labute approximate surface area is 79.3 Å². The number of hydrogen-bond acceptors (Lipinski definition) is 5. The number of nitrogens with one attached hydrogen (secondary N) is 1. The third-order valence-electron chi connectivity index (χ3n) is 1.59. The highest BCUT2D eigenvalue weighted by Crippen LogP contribution is 2.36. The zero-order valence-corrected chi connectivity index (χ0v) is 8.00. The highest BCUT2D eigenvalue weighted by Gasteiger charge is 2.27. The monoisotopic (exact) mass is 222 g/mol. The molecule has 1 rings (SSSR count). The van der Waals surface area contributed by atoms with Crippen LogP contribution in [-0.2, 0) is 4.57 Å². The first kappa shape index (κ1) is 11.3. The number of aromatic nitrogens is 3. The van der Waals surface area contributed by atoms with Crippen LogP contribution in [0.4, 0.5) is 0 Å². The first-order valence-corrected chi connectivity index (χ1v) is 5.53. The van der Waals surface area contributed by atoms with Crippen LogP contribution in [0.3, 0.4) is 0 Å². The maximum atomic E-state index is 10.5. The van der Waals surface area contributed by atoms with Crippen LogP contribution < -0.4 is 5.73 Å². The van der Waals surface area contributed by atoms with Crippen LogP contribution in [0.5, 0.6) is 0 Å². The van der Waals surface area contributed by atoms with Crippen LogP contribution in [0.1, 0.15) is 11.9 Å². The van der Waals surface area contributed by atoms with E-state index in [9.17, 15) is 9.67 Å².